The molecule has 0 saturated carbocycles. The fourth-order valence-corrected chi connectivity index (χ4v) is 2.63. The molecule has 5 heteroatoms. The summed E-state index contributed by atoms with van der Waals surface area (Å²) in [5.74, 6) is 1.15. The molecule has 148 valence electrons. The summed E-state index contributed by atoms with van der Waals surface area (Å²) >= 11 is 0. The van der Waals surface area contributed by atoms with Gasteiger partial charge in [-0.2, -0.15) is 0 Å². The van der Waals surface area contributed by atoms with Crippen molar-refractivity contribution in [2.75, 3.05) is 38.8 Å². The maximum absolute atomic E-state index is 12.0. The number of carbonyl (C=O) groups excluding carboxylic acids is 1. The molecular formula is C23H28N2O3. The van der Waals surface area contributed by atoms with Crippen LogP contribution in [0.5, 0.6) is 11.5 Å². The van der Waals surface area contributed by atoms with Crippen molar-refractivity contribution >= 4 is 17.7 Å². The van der Waals surface area contributed by atoms with Gasteiger partial charge in [0.25, 0.3) is 0 Å². The number of carbonyl (C=O) groups is 1. The third-order valence-electron chi connectivity index (χ3n) is 4.14. The van der Waals surface area contributed by atoms with Crippen LogP contribution >= 0.6 is 0 Å². The minimum atomic E-state index is -0.117. The molecule has 0 aliphatic heterocycles. The van der Waals surface area contributed by atoms with Gasteiger partial charge in [-0.1, -0.05) is 36.9 Å². The summed E-state index contributed by atoms with van der Waals surface area (Å²) in [6.45, 7) is 5.53. The number of ether oxygens (including phenoxy) is 2. The highest BCUT2D eigenvalue weighted by Crippen LogP contribution is 2.28. The molecular weight excluding hydrogens is 352 g/mol. The van der Waals surface area contributed by atoms with Crippen molar-refractivity contribution < 1.29 is 14.3 Å². The van der Waals surface area contributed by atoms with E-state index in [1.165, 1.54) is 11.8 Å². The Morgan fingerprint density at radius 2 is 1.96 bits per heavy atom. The van der Waals surface area contributed by atoms with Gasteiger partial charge in [0.2, 0.25) is 5.91 Å². The molecule has 1 N–H and O–H groups in total. The van der Waals surface area contributed by atoms with Crippen LogP contribution in [0, 0.1) is 0 Å². The van der Waals surface area contributed by atoms with Gasteiger partial charge in [0.15, 0.2) is 11.5 Å². The Morgan fingerprint density at radius 3 is 2.68 bits per heavy atom. The molecule has 0 aliphatic carbocycles. The van der Waals surface area contributed by atoms with Gasteiger partial charge >= 0.3 is 0 Å². The van der Waals surface area contributed by atoms with Crippen LogP contribution in [0.4, 0.5) is 5.69 Å². The zero-order chi connectivity index (χ0) is 20.2. The van der Waals surface area contributed by atoms with Crippen molar-refractivity contribution in [3.05, 3.63) is 72.8 Å². The third kappa shape index (κ3) is 6.83. The van der Waals surface area contributed by atoms with E-state index in [1.54, 1.807) is 19.3 Å². The Bertz CT molecular complexity index is 788. The van der Waals surface area contributed by atoms with Crippen molar-refractivity contribution in [2.24, 2.45) is 0 Å². The molecule has 5 nitrogen and oxygen atoms in total. The molecule has 2 aromatic carbocycles. The largest absolute Gasteiger partial charge is 0.493 e. The first kappa shape index (κ1) is 21.1. The number of hydrogen-bond acceptors (Lipinski definition) is 4. The molecule has 0 radical (unpaired) electrons. The lowest BCUT2D eigenvalue weighted by Crippen LogP contribution is -2.26. The summed E-state index contributed by atoms with van der Waals surface area (Å²) in [6.07, 6.45) is 5.83. The van der Waals surface area contributed by atoms with Gasteiger partial charge < -0.3 is 19.7 Å². The second kappa shape index (κ2) is 11.5. The Hall–Kier alpha value is -3.21. The zero-order valence-corrected chi connectivity index (χ0v) is 16.6. The van der Waals surface area contributed by atoms with Gasteiger partial charge in [-0.05, 0) is 42.3 Å². The number of amides is 1. The molecule has 0 bridgehead atoms. The van der Waals surface area contributed by atoms with Crippen molar-refractivity contribution in [1.29, 1.82) is 0 Å². The van der Waals surface area contributed by atoms with Crippen LogP contribution in [-0.4, -0.2) is 39.8 Å². The molecule has 0 unspecified atom stereocenters. The smallest absolute Gasteiger partial charge is 0.244 e. The minimum Gasteiger partial charge on any atom is -0.493 e. The molecule has 0 aromatic heterocycles. The number of methoxy groups -OCH3 is 1. The number of para-hydroxylation sites is 1. The SMILES string of the molecule is C=CCOc1ccc(/C=C/C(=O)NCCCN(C)c2ccccc2)cc1OC. The van der Waals surface area contributed by atoms with Crippen LogP contribution in [0.2, 0.25) is 0 Å². The van der Waals surface area contributed by atoms with E-state index in [-0.39, 0.29) is 5.91 Å². The van der Waals surface area contributed by atoms with E-state index in [9.17, 15) is 4.79 Å². The summed E-state index contributed by atoms with van der Waals surface area (Å²) in [7, 11) is 3.63. The van der Waals surface area contributed by atoms with Gasteiger partial charge in [0.05, 0.1) is 7.11 Å². The van der Waals surface area contributed by atoms with E-state index in [4.69, 9.17) is 9.47 Å². The highest BCUT2D eigenvalue weighted by Gasteiger charge is 2.04. The predicted octanol–water partition coefficient (Wildman–Crippen LogP) is 3.92. The predicted molar refractivity (Wildman–Crippen MR) is 115 cm³/mol. The van der Waals surface area contributed by atoms with Crippen molar-refractivity contribution in [2.45, 2.75) is 6.42 Å². The van der Waals surface area contributed by atoms with Crippen molar-refractivity contribution in [1.82, 2.24) is 5.32 Å². The second-order valence-electron chi connectivity index (χ2n) is 6.24. The van der Waals surface area contributed by atoms with Gasteiger partial charge in [-0.25, -0.2) is 0 Å². The van der Waals surface area contributed by atoms with E-state index in [1.807, 2.05) is 43.4 Å². The number of rotatable bonds is 11. The monoisotopic (exact) mass is 380 g/mol. The molecule has 0 saturated heterocycles. The number of hydrogen-bond donors (Lipinski definition) is 1. The van der Waals surface area contributed by atoms with E-state index in [0.29, 0.717) is 24.7 Å². The van der Waals surface area contributed by atoms with Crippen LogP contribution < -0.4 is 19.7 Å². The van der Waals surface area contributed by atoms with E-state index in [0.717, 1.165) is 18.5 Å². The van der Waals surface area contributed by atoms with E-state index >= 15 is 0 Å². The Morgan fingerprint density at radius 1 is 1.18 bits per heavy atom. The number of nitrogens with zero attached hydrogens (tertiary/aromatic N) is 1. The highest BCUT2D eigenvalue weighted by molar-refractivity contribution is 5.91. The molecule has 2 aromatic rings. The molecule has 0 atom stereocenters. The lowest BCUT2D eigenvalue weighted by atomic mass is 10.2. The quantitative estimate of drug-likeness (QED) is 0.365. The number of benzene rings is 2. The van der Waals surface area contributed by atoms with Gasteiger partial charge in [0, 0.05) is 31.9 Å². The number of anilines is 1. The maximum atomic E-state index is 12.0. The van der Waals surface area contributed by atoms with Gasteiger partial charge in [0.1, 0.15) is 6.61 Å². The number of nitrogens with one attached hydrogen (secondary N) is 1. The zero-order valence-electron chi connectivity index (χ0n) is 16.6. The molecule has 2 rings (SSSR count). The molecule has 0 aliphatic rings. The highest BCUT2D eigenvalue weighted by atomic mass is 16.5. The third-order valence-corrected chi connectivity index (χ3v) is 4.14. The van der Waals surface area contributed by atoms with Crippen LogP contribution in [0.25, 0.3) is 6.08 Å². The topological polar surface area (TPSA) is 50.8 Å². The van der Waals surface area contributed by atoms with Crippen molar-refractivity contribution in [3.8, 4) is 11.5 Å². The van der Waals surface area contributed by atoms with E-state index < -0.39 is 0 Å². The molecule has 1 amide bonds. The van der Waals surface area contributed by atoms with Crippen molar-refractivity contribution in [3.63, 3.8) is 0 Å². The lowest BCUT2D eigenvalue weighted by Gasteiger charge is -2.19. The molecule has 28 heavy (non-hydrogen) atoms. The second-order valence-corrected chi connectivity index (χ2v) is 6.24. The Balaban J connectivity index is 1.77. The van der Waals surface area contributed by atoms with Gasteiger partial charge in [-0.15, -0.1) is 0 Å². The lowest BCUT2D eigenvalue weighted by molar-refractivity contribution is -0.116. The van der Waals surface area contributed by atoms with Crippen LogP contribution in [0.1, 0.15) is 12.0 Å². The standard InChI is InChI=1S/C23H28N2O3/c1-4-17-28-21-13-11-19(18-22(21)27-3)12-14-23(26)24-15-8-16-25(2)20-9-6-5-7-10-20/h4-7,9-14,18H,1,8,15-17H2,2-3H3,(H,24,26)/b14-12+. The normalized spacial score (nSPS) is 10.5. The maximum Gasteiger partial charge on any atom is 0.244 e. The summed E-state index contributed by atoms with van der Waals surface area (Å²) in [4.78, 5) is 14.2. The van der Waals surface area contributed by atoms with Crippen LogP contribution in [-0.2, 0) is 4.79 Å². The molecule has 0 spiro atoms. The summed E-state index contributed by atoms with van der Waals surface area (Å²) in [5.41, 5.74) is 2.03. The first-order valence-electron chi connectivity index (χ1n) is 9.28. The van der Waals surface area contributed by atoms with Crippen LogP contribution in [0.15, 0.2) is 67.3 Å². The first-order chi connectivity index (χ1) is 13.6. The van der Waals surface area contributed by atoms with E-state index in [2.05, 4.69) is 28.9 Å². The summed E-state index contributed by atoms with van der Waals surface area (Å²) in [6, 6.07) is 15.7. The Kier molecular flexibility index (Phi) is 8.66. The molecule has 0 fully saturated rings. The summed E-state index contributed by atoms with van der Waals surface area (Å²) < 4.78 is 10.9. The fraction of sp³-hybridized carbons (Fsp3) is 0.261. The fourth-order valence-electron chi connectivity index (χ4n) is 2.63. The van der Waals surface area contributed by atoms with Gasteiger partial charge in [-0.3, -0.25) is 4.79 Å². The first-order valence-corrected chi connectivity index (χ1v) is 9.28. The Labute approximate surface area is 167 Å². The average molecular weight is 380 g/mol. The van der Waals surface area contributed by atoms with Crippen LogP contribution in [0.3, 0.4) is 0 Å². The molecule has 0 heterocycles. The summed E-state index contributed by atoms with van der Waals surface area (Å²) in [5, 5.41) is 2.91. The minimum absolute atomic E-state index is 0.117. The average Bonchev–Trinajstić information content (AvgIpc) is 2.74.